The van der Waals surface area contributed by atoms with Gasteiger partial charge in [0.2, 0.25) is 0 Å². The second-order valence-electron chi connectivity index (χ2n) is 2.98. The van der Waals surface area contributed by atoms with Gasteiger partial charge < -0.3 is 0 Å². The fourth-order valence-electron chi connectivity index (χ4n) is 1.30. The molecule has 2 rings (SSSR count). The van der Waals surface area contributed by atoms with E-state index in [-0.39, 0.29) is 0 Å². The van der Waals surface area contributed by atoms with E-state index in [1.54, 1.807) is 12.7 Å². The Morgan fingerprint density at radius 3 is 2.08 bits per heavy atom. The quantitative estimate of drug-likeness (QED) is 0.654. The van der Waals surface area contributed by atoms with Crippen molar-refractivity contribution in [2.45, 2.75) is 13.8 Å². The van der Waals surface area contributed by atoms with Crippen molar-refractivity contribution in [2.24, 2.45) is 0 Å². The van der Waals surface area contributed by atoms with Crippen LogP contribution in [0.1, 0.15) is 11.4 Å². The summed E-state index contributed by atoms with van der Waals surface area (Å²) in [5.41, 5.74) is 3.06. The molecule has 0 aliphatic carbocycles. The van der Waals surface area contributed by atoms with Crippen LogP contribution in [0.5, 0.6) is 0 Å². The Morgan fingerprint density at radius 1 is 1.00 bits per heavy atom. The molecule has 0 fully saturated rings. The maximum Gasteiger partial charge on any atom is 0.123 e. The van der Waals surface area contributed by atoms with Gasteiger partial charge in [0.1, 0.15) is 12.7 Å². The van der Waals surface area contributed by atoms with Crippen LogP contribution in [0.4, 0.5) is 0 Å². The van der Waals surface area contributed by atoms with Crippen LogP contribution < -0.4 is 0 Å². The molecule has 66 valence electrons. The molecule has 0 aliphatic heterocycles. The van der Waals surface area contributed by atoms with Crippen molar-refractivity contribution in [2.75, 3.05) is 0 Å². The molecular weight excluding hydrogens is 164 g/mol. The predicted molar refractivity (Wildman–Crippen MR) is 48.6 cm³/mol. The summed E-state index contributed by atoms with van der Waals surface area (Å²) in [6.45, 7) is 3.95. The number of nitrogens with zero attached hydrogens (tertiary/aromatic N) is 4. The molecule has 0 unspecified atom stereocenters. The Hall–Kier alpha value is -1.71. The molecule has 2 heterocycles. The molecule has 2 aromatic heterocycles. The van der Waals surface area contributed by atoms with Crippen LogP contribution in [0.2, 0.25) is 0 Å². The highest BCUT2D eigenvalue weighted by Crippen LogP contribution is 2.08. The number of hydrogen-bond acceptors (Lipinski definition) is 3. The molecule has 0 bridgehead atoms. The minimum atomic E-state index is 1.00. The normalized spacial score (nSPS) is 10.3. The summed E-state index contributed by atoms with van der Waals surface area (Å²) < 4.78 is 1.86. The average Bonchev–Trinajstić information content (AvgIpc) is 2.53. The van der Waals surface area contributed by atoms with Crippen LogP contribution in [-0.2, 0) is 0 Å². The molecule has 0 N–H and O–H groups in total. The van der Waals surface area contributed by atoms with Crippen molar-refractivity contribution in [3.63, 3.8) is 0 Å². The summed E-state index contributed by atoms with van der Waals surface area (Å²) in [7, 11) is 0. The van der Waals surface area contributed by atoms with Gasteiger partial charge in [0.05, 0.1) is 5.69 Å². The molecular formula is C9H10N4. The summed E-state index contributed by atoms with van der Waals surface area (Å²) in [4.78, 5) is 4.29. The standard InChI is InChI=1S/C9H10N4/c1-7-3-9(4-8(2)12-7)13-5-10-11-6-13/h3-6H,1-2H3. The van der Waals surface area contributed by atoms with Gasteiger partial charge in [0.25, 0.3) is 0 Å². The molecule has 0 radical (unpaired) electrons. The zero-order valence-electron chi connectivity index (χ0n) is 7.60. The number of hydrogen-bond donors (Lipinski definition) is 0. The molecule has 0 atom stereocenters. The zero-order chi connectivity index (χ0) is 9.26. The lowest BCUT2D eigenvalue weighted by atomic mass is 10.3. The van der Waals surface area contributed by atoms with E-state index in [1.807, 2.05) is 30.5 Å². The molecule has 4 heteroatoms. The van der Waals surface area contributed by atoms with Crippen LogP contribution in [0.25, 0.3) is 5.69 Å². The summed E-state index contributed by atoms with van der Waals surface area (Å²) in [6.07, 6.45) is 3.35. The average molecular weight is 174 g/mol. The zero-order valence-corrected chi connectivity index (χ0v) is 7.60. The van der Waals surface area contributed by atoms with Gasteiger partial charge in [-0.25, -0.2) is 0 Å². The van der Waals surface area contributed by atoms with Crippen LogP contribution in [0, 0.1) is 13.8 Å². The summed E-state index contributed by atoms with van der Waals surface area (Å²) in [5.74, 6) is 0. The van der Waals surface area contributed by atoms with E-state index in [0.717, 1.165) is 17.1 Å². The first-order valence-electron chi connectivity index (χ1n) is 4.06. The lowest BCUT2D eigenvalue weighted by Gasteiger charge is -2.03. The van der Waals surface area contributed by atoms with Crippen LogP contribution >= 0.6 is 0 Å². The second-order valence-corrected chi connectivity index (χ2v) is 2.98. The first-order valence-corrected chi connectivity index (χ1v) is 4.06. The maximum absolute atomic E-state index is 4.29. The third kappa shape index (κ3) is 1.56. The van der Waals surface area contributed by atoms with E-state index >= 15 is 0 Å². The van der Waals surface area contributed by atoms with Gasteiger partial charge in [0.15, 0.2) is 0 Å². The lowest BCUT2D eigenvalue weighted by molar-refractivity contribution is 1.01. The highest BCUT2D eigenvalue weighted by molar-refractivity contribution is 5.33. The maximum atomic E-state index is 4.29. The molecule has 4 nitrogen and oxygen atoms in total. The molecule has 0 spiro atoms. The Labute approximate surface area is 76.3 Å². The predicted octanol–water partition coefficient (Wildman–Crippen LogP) is 1.28. The fraction of sp³-hybridized carbons (Fsp3) is 0.222. The Bertz CT molecular complexity index is 385. The van der Waals surface area contributed by atoms with Crippen molar-refractivity contribution >= 4 is 0 Å². The Kier molecular flexibility index (Phi) is 1.81. The molecule has 0 saturated heterocycles. The third-order valence-corrected chi connectivity index (χ3v) is 1.78. The highest BCUT2D eigenvalue weighted by atomic mass is 15.2. The van der Waals surface area contributed by atoms with Gasteiger partial charge in [-0.15, -0.1) is 10.2 Å². The molecule has 0 saturated carbocycles. The summed E-state index contributed by atoms with van der Waals surface area (Å²) >= 11 is 0. The SMILES string of the molecule is Cc1cc(-n2cnnc2)cc(C)n1. The van der Waals surface area contributed by atoms with Crippen LogP contribution in [-0.4, -0.2) is 19.7 Å². The lowest BCUT2D eigenvalue weighted by Crippen LogP contribution is -1.94. The van der Waals surface area contributed by atoms with Crippen molar-refractivity contribution in [3.05, 3.63) is 36.2 Å². The van der Waals surface area contributed by atoms with Gasteiger partial charge in [-0.05, 0) is 26.0 Å². The number of pyridine rings is 1. The van der Waals surface area contributed by atoms with E-state index in [0.29, 0.717) is 0 Å². The van der Waals surface area contributed by atoms with Gasteiger partial charge in [-0.1, -0.05) is 0 Å². The van der Waals surface area contributed by atoms with E-state index in [2.05, 4.69) is 15.2 Å². The fourth-order valence-corrected chi connectivity index (χ4v) is 1.30. The van der Waals surface area contributed by atoms with Gasteiger partial charge in [-0.3, -0.25) is 9.55 Å². The van der Waals surface area contributed by atoms with E-state index < -0.39 is 0 Å². The monoisotopic (exact) mass is 174 g/mol. The highest BCUT2D eigenvalue weighted by Gasteiger charge is 1.98. The van der Waals surface area contributed by atoms with Crippen molar-refractivity contribution < 1.29 is 0 Å². The van der Waals surface area contributed by atoms with Crippen LogP contribution in [0.15, 0.2) is 24.8 Å². The smallest absolute Gasteiger partial charge is 0.123 e. The van der Waals surface area contributed by atoms with Gasteiger partial charge >= 0.3 is 0 Å². The molecule has 0 amide bonds. The van der Waals surface area contributed by atoms with Crippen molar-refractivity contribution in [1.29, 1.82) is 0 Å². The van der Waals surface area contributed by atoms with Crippen molar-refractivity contribution in [3.8, 4) is 5.69 Å². The minimum absolute atomic E-state index is 1.00. The topological polar surface area (TPSA) is 43.6 Å². The first kappa shape index (κ1) is 7.91. The Balaban J connectivity index is 2.53. The molecule has 0 aliphatic rings. The van der Waals surface area contributed by atoms with Crippen LogP contribution in [0.3, 0.4) is 0 Å². The second kappa shape index (κ2) is 2.97. The van der Waals surface area contributed by atoms with E-state index in [1.165, 1.54) is 0 Å². The Morgan fingerprint density at radius 2 is 1.54 bits per heavy atom. The molecule has 0 aromatic carbocycles. The molecule has 13 heavy (non-hydrogen) atoms. The summed E-state index contributed by atoms with van der Waals surface area (Å²) in [6, 6.07) is 3.99. The third-order valence-electron chi connectivity index (χ3n) is 1.78. The minimum Gasteiger partial charge on any atom is -0.288 e. The van der Waals surface area contributed by atoms with E-state index in [4.69, 9.17) is 0 Å². The molecule has 2 aromatic rings. The van der Waals surface area contributed by atoms with E-state index in [9.17, 15) is 0 Å². The first-order chi connectivity index (χ1) is 6.25. The number of aryl methyl sites for hydroxylation is 2. The number of rotatable bonds is 1. The summed E-state index contributed by atoms with van der Waals surface area (Å²) in [5, 5.41) is 7.50. The van der Waals surface area contributed by atoms with Gasteiger partial charge in [-0.2, -0.15) is 0 Å². The van der Waals surface area contributed by atoms with Crippen molar-refractivity contribution in [1.82, 2.24) is 19.7 Å². The number of aromatic nitrogens is 4. The largest absolute Gasteiger partial charge is 0.288 e. The van der Waals surface area contributed by atoms with Gasteiger partial charge in [0, 0.05) is 11.4 Å².